The molecule has 1 saturated heterocycles. The molecule has 9 nitrogen and oxygen atoms in total. The van der Waals surface area contributed by atoms with E-state index in [4.69, 9.17) is 25.8 Å². The lowest BCUT2D eigenvalue weighted by molar-refractivity contribution is -0.134. The van der Waals surface area contributed by atoms with Crippen LogP contribution in [0.1, 0.15) is 35.2 Å². The Balaban J connectivity index is 1.38. The molecule has 10 heteroatoms. The largest absolute Gasteiger partial charge is 0.490 e. The molecular formula is C26H30ClN3O6. The van der Waals surface area contributed by atoms with Crippen LogP contribution in [-0.2, 0) is 25.6 Å². The smallest absolute Gasteiger partial charge is 0.257 e. The lowest BCUT2D eigenvalue weighted by Gasteiger charge is -2.42. The summed E-state index contributed by atoms with van der Waals surface area (Å²) in [7, 11) is 3.18. The maximum absolute atomic E-state index is 13.3. The lowest BCUT2D eigenvalue weighted by Crippen LogP contribution is -2.53. The Bertz CT molecular complexity index is 1130. The minimum absolute atomic E-state index is 0.0816. The first kappa shape index (κ1) is 25.9. The van der Waals surface area contributed by atoms with E-state index in [0.717, 1.165) is 5.56 Å². The molecule has 3 atom stereocenters. The number of anilines is 1. The maximum Gasteiger partial charge on any atom is 0.257 e. The Hall–Kier alpha value is -3.14. The molecule has 0 bridgehead atoms. The summed E-state index contributed by atoms with van der Waals surface area (Å²) in [4.78, 5) is 39.4. The minimum Gasteiger partial charge on any atom is -0.490 e. The van der Waals surface area contributed by atoms with Gasteiger partial charge >= 0.3 is 0 Å². The zero-order valence-corrected chi connectivity index (χ0v) is 21.0. The summed E-state index contributed by atoms with van der Waals surface area (Å²) in [5, 5.41) is 6.22. The Morgan fingerprint density at radius 1 is 1.17 bits per heavy atom. The summed E-state index contributed by atoms with van der Waals surface area (Å²) in [6.07, 6.45) is 0.883. The number of hydrogen-bond donors (Lipinski definition) is 2. The number of hydrogen-bond acceptors (Lipinski definition) is 6. The van der Waals surface area contributed by atoms with Crippen LogP contribution in [0.3, 0.4) is 0 Å². The molecule has 36 heavy (non-hydrogen) atoms. The molecule has 0 radical (unpaired) electrons. The van der Waals surface area contributed by atoms with Gasteiger partial charge in [0.2, 0.25) is 11.8 Å². The van der Waals surface area contributed by atoms with E-state index in [0.29, 0.717) is 41.4 Å². The molecule has 0 saturated carbocycles. The number of rotatable bonds is 7. The SMILES string of the molecule is COCC(=O)Nc1ccc2c(c1)C(=O)N(C)[C@@H]1CC[C@@H](CC(=O)NCc3ccccc3Cl)O[C@@H]1CO2. The summed E-state index contributed by atoms with van der Waals surface area (Å²) in [5.74, 6) is -0.240. The first-order valence-electron chi connectivity index (χ1n) is 11.8. The normalized spacial score (nSPS) is 21.4. The Morgan fingerprint density at radius 2 is 1.97 bits per heavy atom. The van der Waals surface area contributed by atoms with E-state index in [2.05, 4.69) is 10.6 Å². The number of methoxy groups -OCH3 is 1. The fourth-order valence-electron chi connectivity index (χ4n) is 4.55. The molecule has 192 valence electrons. The summed E-state index contributed by atoms with van der Waals surface area (Å²) >= 11 is 6.16. The molecule has 1 fully saturated rings. The first-order valence-corrected chi connectivity index (χ1v) is 12.2. The number of halogens is 1. The molecule has 0 spiro atoms. The molecule has 2 aliphatic heterocycles. The summed E-state index contributed by atoms with van der Waals surface area (Å²) < 4.78 is 17.0. The third-order valence-corrected chi connectivity index (χ3v) is 6.79. The van der Waals surface area contributed by atoms with E-state index in [1.807, 2.05) is 18.2 Å². The molecule has 2 aromatic rings. The van der Waals surface area contributed by atoms with Gasteiger partial charge < -0.3 is 29.7 Å². The molecule has 3 amide bonds. The second kappa shape index (κ2) is 11.7. The number of nitrogens with zero attached hydrogens (tertiary/aromatic N) is 1. The van der Waals surface area contributed by atoms with Crippen LogP contribution in [0.2, 0.25) is 5.02 Å². The van der Waals surface area contributed by atoms with Gasteiger partial charge in [-0.25, -0.2) is 0 Å². The molecule has 2 aromatic carbocycles. The summed E-state index contributed by atoms with van der Waals surface area (Å²) in [6.45, 7) is 0.506. The topological polar surface area (TPSA) is 106 Å². The lowest BCUT2D eigenvalue weighted by atomic mass is 9.94. The van der Waals surface area contributed by atoms with Crippen LogP contribution in [0.4, 0.5) is 5.69 Å². The van der Waals surface area contributed by atoms with E-state index < -0.39 is 0 Å². The number of nitrogens with one attached hydrogen (secondary N) is 2. The monoisotopic (exact) mass is 515 g/mol. The molecule has 0 unspecified atom stereocenters. The fourth-order valence-corrected chi connectivity index (χ4v) is 4.75. The van der Waals surface area contributed by atoms with Crippen LogP contribution < -0.4 is 15.4 Å². The van der Waals surface area contributed by atoms with Crippen molar-refractivity contribution in [1.29, 1.82) is 0 Å². The average molecular weight is 516 g/mol. The van der Waals surface area contributed by atoms with Crippen molar-refractivity contribution in [2.45, 2.75) is 44.1 Å². The van der Waals surface area contributed by atoms with Crippen molar-refractivity contribution in [2.75, 3.05) is 32.7 Å². The zero-order chi connectivity index (χ0) is 25.7. The quantitative estimate of drug-likeness (QED) is 0.587. The highest BCUT2D eigenvalue weighted by Gasteiger charge is 2.39. The molecule has 2 heterocycles. The van der Waals surface area contributed by atoms with E-state index in [-0.39, 0.29) is 55.6 Å². The van der Waals surface area contributed by atoms with Crippen LogP contribution in [0, 0.1) is 0 Å². The van der Waals surface area contributed by atoms with Crippen molar-refractivity contribution in [3.05, 3.63) is 58.6 Å². The van der Waals surface area contributed by atoms with Gasteiger partial charge in [-0.05, 0) is 42.7 Å². The molecule has 4 rings (SSSR count). The zero-order valence-electron chi connectivity index (χ0n) is 20.3. The van der Waals surface area contributed by atoms with Gasteiger partial charge in [0.15, 0.2) is 0 Å². The van der Waals surface area contributed by atoms with Crippen molar-refractivity contribution >= 4 is 35.0 Å². The van der Waals surface area contributed by atoms with Gasteiger partial charge in [0.05, 0.1) is 24.1 Å². The van der Waals surface area contributed by atoms with Crippen LogP contribution in [0.15, 0.2) is 42.5 Å². The van der Waals surface area contributed by atoms with Gasteiger partial charge in [-0.1, -0.05) is 29.8 Å². The molecule has 0 aromatic heterocycles. The summed E-state index contributed by atoms with van der Waals surface area (Å²) in [5.41, 5.74) is 1.71. The predicted octanol–water partition coefficient (Wildman–Crippen LogP) is 3.01. The van der Waals surface area contributed by atoms with Crippen molar-refractivity contribution in [2.24, 2.45) is 0 Å². The van der Waals surface area contributed by atoms with E-state index >= 15 is 0 Å². The van der Waals surface area contributed by atoms with Crippen LogP contribution >= 0.6 is 11.6 Å². The van der Waals surface area contributed by atoms with Gasteiger partial charge in [0.25, 0.3) is 5.91 Å². The first-order chi connectivity index (χ1) is 17.4. The number of likely N-dealkylation sites (N-methyl/N-ethyl adjacent to an activating group) is 1. The maximum atomic E-state index is 13.3. The van der Waals surface area contributed by atoms with Gasteiger partial charge in [0.1, 0.15) is 25.1 Å². The minimum atomic E-state index is -0.372. The third-order valence-electron chi connectivity index (χ3n) is 6.42. The molecular weight excluding hydrogens is 486 g/mol. The van der Waals surface area contributed by atoms with Crippen LogP contribution in [0.5, 0.6) is 5.75 Å². The Morgan fingerprint density at radius 3 is 2.75 bits per heavy atom. The van der Waals surface area contributed by atoms with E-state index in [1.165, 1.54) is 7.11 Å². The van der Waals surface area contributed by atoms with Crippen molar-refractivity contribution in [3.8, 4) is 5.75 Å². The summed E-state index contributed by atoms with van der Waals surface area (Å²) in [6, 6.07) is 12.1. The number of ether oxygens (including phenoxy) is 3. The second-order valence-corrected chi connectivity index (χ2v) is 9.34. The van der Waals surface area contributed by atoms with Gasteiger partial charge in [0, 0.05) is 31.4 Å². The highest BCUT2D eigenvalue weighted by Crippen LogP contribution is 2.32. The van der Waals surface area contributed by atoms with E-state index in [1.54, 1.807) is 36.2 Å². The van der Waals surface area contributed by atoms with E-state index in [9.17, 15) is 14.4 Å². The number of carbonyl (C=O) groups excluding carboxylic acids is 3. The molecule has 2 N–H and O–H groups in total. The molecule has 2 aliphatic rings. The van der Waals surface area contributed by atoms with Crippen molar-refractivity contribution in [1.82, 2.24) is 10.2 Å². The van der Waals surface area contributed by atoms with Crippen LogP contribution in [0.25, 0.3) is 0 Å². The standard InChI is InChI=1S/C26H30ClN3O6/c1-30-21-9-8-18(12-24(31)28-13-16-5-3-4-6-20(16)27)36-23(21)14-35-22-10-7-17(11-19(22)26(30)33)29-25(32)15-34-2/h3-7,10-11,18,21,23H,8-9,12-15H2,1-2H3,(H,28,31)(H,29,32)/t18-,21+,23+/m0/s1. The number of amides is 3. The average Bonchev–Trinajstić information content (AvgIpc) is 2.86. The van der Waals surface area contributed by atoms with Crippen molar-refractivity contribution in [3.63, 3.8) is 0 Å². The Labute approximate surface area is 215 Å². The highest BCUT2D eigenvalue weighted by molar-refractivity contribution is 6.31. The molecule has 0 aliphatic carbocycles. The third kappa shape index (κ3) is 6.16. The van der Waals surface area contributed by atoms with Crippen molar-refractivity contribution < 1.29 is 28.6 Å². The Kier molecular flexibility index (Phi) is 8.45. The number of fused-ring (bicyclic) bond motifs is 2. The van der Waals surface area contributed by atoms with Gasteiger partial charge in [-0.3, -0.25) is 14.4 Å². The number of carbonyl (C=O) groups is 3. The van der Waals surface area contributed by atoms with Gasteiger partial charge in [-0.2, -0.15) is 0 Å². The second-order valence-electron chi connectivity index (χ2n) is 8.93. The highest BCUT2D eigenvalue weighted by atomic mass is 35.5. The number of benzene rings is 2. The predicted molar refractivity (Wildman–Crippen MR) is 134 cm³/mol. The fraction of sp³-hybridized carbons (Fsp3) is 0.423. The van der Waals surface area contributed by atoms with Crippen LogP contribution in [-0.4, -0.2) is 68.2 Å². The van der Waals surface area contributed by atoms with Gasteiger partial charge in [-0.15, -0.1) is 0 Å².